The predicted octanol–water partition coefficient (Wildman–Crippen LogP) is 3.77. The molecule has 17 heavy (non-hydrogen) atoms. The van der Waals surface area contributed by atoms with Gasteiger partial charge in [-0.3, -0.25) is 0 Å². The van der Waals surface area contributed by atoms with Crippen LogP contribution in [0.2, 0.25) is 0 Å². The molecule has 0 aliphatic rings. The van der Waals surface area contributed by atoms with Gasteiger partial charge < -0.3 is 5.32 Å². The number of hydrogen-bond donors (Lipinski definition) is 1. The molecule has 0 fully saturated rings. The lowest BCUT2D eigenvalue weighted by molar-refractivity contribution is 0.416. The molecule has 1 N–H and O–H groups in total. The van der Waals surface area contributed by atoms with E-state index in [1.165, 1.54) is 5.56 Å². The Bertz CT molecular complexity index is 329. The Kier molecular flexibility index (Phi) is 5.43. The fourth-order valence-electron chi connectivity index (χ4n) is 2.09. The van der Waals surface area contributed by atoms with Crippen LogP contribution in [0.1, 0.15) is 32.8 Å². The van der Waals surface area contributed by atoms with Gasteiger partial charge in [0.15, 0.2) is 0 Å². The van der Waals surface area contributed by atoms with Gasteiger partial charge in [-0.15, -0.1) is 6.58 Å². The molecule has 1 heteroatoms. The molecule has 0 spiro atoms. The van der Waals surface area contributed by atoms with Gasteiger partial charge in [0.05, 0.1) is 0 Å². The van der Waals surface area contributed by atoms with Crippen LogP contribution in [0.5, 0.6) is 0 Å². The van der Waals surface area contributed by atoms with Crippen LogP contribution in [0.4, 0.5) is 0 Å². The van der Waals surface area contributed by atoms with E-state index in [9.17, 15) is 0 Å². The van der Waals surface area contributed by atoms with Gasteiger partial charge in [0.25, 0.3) is 0 Å². The third-order valence-electron chi connectivity index (χ3n) is 3.13. The molecule has 0 heterocycles. The first-order valence-electron chi connectivity index (χ1n) is 6.45. The maximum Gasteiger partial charge on any atom is 0.00838 e. The first-order chi connectivity index (χ1) is 8.08. The van der Waals surface area contributed by atoms with E-state index in [1.54, 1.807) is 0 Å². The van der Waals surface area contributed by atoms with Crippen LogP contribution < -0.4 is 5.32 Å². The molecule has 0 bridgehead atoms. The lowest BCUT2D eigenvalue weighted by Gasteiger charge is -2.30. The van der Waals surface area contributed by atoms with Crippen LogP contribution >= 0.6 is 0 Å². The van der Waals surface area contributed by atoms with Crippen molar-refractivity contribution in [2.45, 2.75) is 32.6 Å². The van der Waals surface area contributed by atoms with Crippen LogP contribution in [0.3, 0.4) is 0 Å². The second-order valence-corrected chi connectivity index (χ2v) is 5.44. The number of allylic oxidation sites excluding steroid dienone is 1. The summed E-state index contributed by atoms with van der Waals surface area (Å²) in [5.74, 6) is 0.693. The minimum Gasteiger partial charge on any atom is -0.316 e. The van der Waals surface area contributed by atoms with E-state index >= 15 is 0 Å². The summed E-state index contributed by atoms with van der Waals surface area (Å²) >= 11 is 0. The summed E-state index contributed by atoms with van der Waals surface area (Å²) in [4.78, 5) is 0. The third kappa shape index (κ3) is 4.35. The molecule has 1 atom stereocenters. The van der Waals surface area contributed by atoms with Gasteiger partial charge in [-0.2, -0.15) is 0 Å². The van der Waals surface area contributed by atoms with Crippen LogP contribution in [0.25, 0.3) is 0 Å². The number of hydrogen-bond acceptors (Lipinski definition) is 1. The molecule has 0 saturated carbocycles. The van der Waals surface area contributed by atoms with Crippen molar-refractivity contribution in [2.75, 3.05) is 13.1 Å². The van der Waals surface area contributed by atoms with Crippen molar-refractivity contribution in [3.8, 4) is 0 Å². The van der Waals surface area contributed by atoms with Gasteiger partial charge in [-0.05, 0) is 24.4 Å². The third-order valence-corrected chi connectivity index (χ3v) is 3.13. The van der Waals surface area contributed by atoms with Crippen molar-refractivity contribution in [1.29, 1.82) is 0 Å². The summed E-state index contributed by atoms with van der Waals surface area (Å²) in [7, 11) is 0. The van der Waals surface area contributed by atoms with Crippen LogP contribution in [0.15, 0.2) is 43.0 Å². The van der Waals surface area contributed by atoms with Gasteiger partial charge >= 0.3 is 0 Å². The normalized spacial score (nSPS) is 14.6. The van der Waals surface area contributed by atoms with Crippen LogP contribution in [0, 0.1) is 5.92 Å². The molecular weight excluding hydrogens is 206 g/mol. The summed E-state index contributed by atoms with van der Waals surface area (Å²) < 4.78 is 0. The van der Waals surface area contributed by atoms with Gasteiger partial charge in [0.2, 0.25) is 0 Å². The van der Waals surface area contributed by atoms with E-state index in [2.05, 4.69) is 63.0 Å². The molecule has 94 valence electrons. The number of rotatable bonds is 7. The van der Waals surface area contributed by atoms with Crippen molar-refractivity contribution < 1.29 is 0 Å². The van der Waals surface area contributed by atoms with Crippen molar-refractivity contribution in [3.63, 3.8) is 0 Å². The number of nitrogens with one attached hydrogen (secondary N) is 1. The van der Waals surface area contributed by atoms with Crippen LogP contribution in [-0.2, 0) is 5.41 Å². The first kappa shape index (κ1) is 14.0. The molecule has 0 radical (unpaired) electrons. The zero-order valence-corrected chi connectivity index (χ0v) is 11.4. The molecular formula is C16H25N. The molecule has 0 aromatic heterocycles. The van der Waals surface area contributed by atoms with E-state index < -0.39 is 0 Å². The zero-order chi connectivity index (χ0) is 12.7. The summed E-state index contributed by atoms with van der Waals surface area (Å²) in [6.07, 6.45) is 3.02. The molecule has 1 aromatic rings. The molecule has 0 aliphatic heterocycles. The SMILES string of the molecule is C=CCC(C)(CNCC(C)C)c1ccccc1. The maximum absolute atomic E-state index is 3.89. The summed E-state index contributed by atoms with van der Waals surface area (Å²) in [6, 6.07) is 10.7. The van der Waals surface area contributed by atoms with Gasteiger partial charge in [0, 0.05) is 12.0 Å². The minimum absolute atomic E-state index is 0.151. The highest BCUT2D eigenvalue weighted by atomic mass is 14.9. The lowest BCUT2D eigenvalue weighted by atomic mass is 9.79. The highest BCUT2D eigenvalue weighted by Crippen LogP contribution is 2.27. The Morgan fingerprint density at radius 3 is 2.47 bits per heavy atom. The quantitative estimate of drug-likeness (QED) is 0.704. The molecule has 1 rings (SSSR count). The van der Waals surface area contributed by atoms with E-state index in [1.807, 2.05) is 6.08 Å². The van der Waals surface area contributed by atoms with Crippen molar-refractivity contribution >= 4 is 0 Å². The Hall–Kier alpha value is -1.08. The second kappa shape index (κ2) is 6.61. The average Bonchev–Trinajstić information content (AvgIpc) is 2.30. The highest BCUT2D eigenvalue weighted by molar-refractivity contribution is 5.25. The molecule has 0 saturated heterocycles. The molecule has 0 amide bonds. The second-order valence-electron chi connectivity index (χ2n) is 5.44. The molecule has 1 nitrogen and oxygen atoms in total. The van der Waals surface area contributed by atoms with E-state index in [-0.39, 0.29) is 5.41 Å². The minimum atomic E-state index is 0.151. The largest absolute Gasteiger partial charge is 0.316 e. The van der Waals surface area contributed by atoms with Gasteiger partial charge in [-0.25, -0.2) is 0 Å². The van der Waals surface area contributed by atoms with Crippen LogP contribution in [-0.4, -0.2) is 13.1 Å². The Morgan fingerprint density at radius 2 is 1.94 bits per heavy atom. The van der Waals surface area contributed by atoms with E-state index in [0.717, 1.165) is 19.5 Å². The Morgan fingerprint density at radius 1 is 1.29 bits per heavy atom. The van der Waals surface area contributed by atoms with E-state index in [4.69, 9.17) is 0 Å². The topological polar surface area (TPSA) is 12.0 Å². The number of benzene rings is 1. The van der Waals surface area contributed by atoms with Gasteiger partial charge in [0.1, 0.15) is 0 Å². The van der Waals surface area contributed by atoms with E-state index in [0.29, 0.717) is 5.92 Å². The van der Waals surface area contributed by atoms with Crippen molar-refractivity contribution in [2.24, 2.45) is 5.92 Å². The lowest BCUT2D eigenvalue weighted by Crippen LogP contribution is -2.36. The maximum atomic E-state index is 3.89. The molecule has 0 aliphatic carbocycles. The summed E-state index contributed by atoms with van der Waals surface area (Å²) in [5, 5.41) is 3.56. The molecule has 1 aromatic carbocycles. The Labute approximate surface area is 106 Å². The smallest absolute Gasteiger partial charge is 0.00838 e. The fraction of sp³-hybridized carbons (Fsp3) is 0.500. The first-order valence-corrected chi connectivity index (χ1v) is 6.45. The van der Waals surface area contributed by atoms with Crippen molar-refractivity contribution in [3.05, 3.63) is 48.6 Å². The molecule has 1 unspecified atom stereocenters. The average molecular weight is 231 g/mol. The predicted molar refractivity (Wildman–Crippen MR) is 76.3 cm³/mol. The highest BCUT2D eigenvalue weighted by Gasteiger charge is 2.24. The van der Waals surface area contributed by atoms with Gasteiger partial charge in [-0.1, -0.05) is 57.2 Å². The summed E-state index contributed by atoms with van der Waals surface area (Å²) in [6.45, 7) is 12.7. The van der Waals surface area contributed by atoms with Crippen molar-refractivity contribution in [1.82, 2.24) is 5.32 Å². The monoisotopic (exact) mass is 231 g/mol. The summed E-state index contributed by atoms with van der Waals surface area (Å²) in [5.41, 5.74) is 1.54. The fourth-order valence-corrected chi connectivity index (χ4v) is 2.09. The standard InChI is InChI=1S/C16H25N/c1-5-11-16(4,13-17-12-14(2)3)15-9-7-6-8-10-15/h5-10,14,17H,1,11-13H2,2-4H3. The zero-order valence-electron chi connectivity index (χ0n) is 11.4. The Balaban J connectivity index is 2.71.